The number of fused-ring (bicyclic) bond motifs is 2. The largest absolute Gasteiger partial charge is 0.477 e. The van der Waals surface area contributed by atoms with Crippen LogP contribution >= 0.6 is 0 Å². The first-order valence-electron chi connectivity index (χ1n) is 13.4. The Morgan fingerprint density at radius 2 is 2.00 bits per heavy atom. The van der Waals surface area contributed by atoms with Crippen molar-refractivity contribution in [1.82, 2.24) is 15.3 Å². The Morgan fingerprint density at radius 3 is 2.68 bits per heavy atom. The number of ether oxygens (including phenoxy) is 1. The number of amides is 2. The highest BCUT2D eigenvalue weighted by Crippen LogP contribution is 2.48. The van der Waals surface area contributed by atoms with Gasteiger partial charge in [0.15, 0.2) is 0 Å². The maximum absolute atomic E-state index is 13.2. The highest BCUT2D eigenvalue weighted by atomic mass is 19.4. The van der Waals surface area contributed by atoms with Gasteiger partial charge in [0.05, 0.1) is 34.7 Å². The fraction of sp³-hybridized carbons (Fsp3) is 0.379. The smallest absolute Gasteiger partial charge is 0.416 e. The van der Waals surface area contributed by atoms with Crippen molar-refractivity contribution >= 4 is 17.5 Å². The van der Waals surface area contributed by atoms with E-state index in [1.54, 1.807) is 17.2 Å². The number of carbonyl (C=O) groups is 1. The van der Waals surface area contributed by atoms with Crippen LogP contribution in [0.5, 0.6) is 5.88 Å². The van der Waals surface area contributed by atoms with Gasteiger partial charge in [-0.05, 0) is 56.2 Å². The van der Waals surface area contributed by atoms with Crippen LogP contribution in [0.25, 0.3) is 11.3 Å². The van der Waals surface area contributed by atoms with Crippen LogP contribution in [0.1, 0.15) is 36.5 Å². The average molecular weight is 566 g/mol. The fourth-order valence-corrected chi connectivity index (χ4v) is 5.64. The van der Waals surface area contributed by atoms with E-state index in [2.05, 4.69) is 10.3 Å². The van der Waals surface area contributed by atoms with Crippen LogP contribution in [0, 0.1) is 11.3 Å². The van der Waals surface area contributed by atoms with Gasteiger partial charge in [-0.1, -0.05) is 6.07 Å². The number of hydrogen-bond acceptors (Lipinski definition) is 7. The SMILES string of the molecule is CCOc1ncccc1-c1ccc2c(n1)N(C(=O)NCCN)CC21CCN(c2ccc(C(F)(F)F)cc2C#N)CC1. The van der Waals surface area contributed by atoms with Gasteiger partial charge in [-0.15, -0.1) is 0 Å². The molecule has 0 aliphatic carbocycles. The number of halogens is 3. The van der Waals surface area contributed by atoms with E-state index >= 15 is 0 Å². The van der Waals surface area contributed by atoms with Crippen molar-refractivity contribution in [2.24, 2.45) is 5.73 Å². The van der Waals surface area contributed by atoms with Gasteiger partial charge in [-0.25, -0.2) is 14.8 Å². The molecule has 2 amide bonds. The number of anilines is 2. The van der Waals surface area contributed by atoms with Gasteiger partial charge >= 0.3 is 12.2 Å². The Kier molecular flexibility index (Phi) is 7.73. The first-order chi connectivity index (χ1) is 19.7. The van der Waals surface area contributed by atoms with E-state index in [1.807, 2.05) is 36.1 Å². The maximum Gasteiger partial charge on any atom is 0.416 e. The average Bonchev–Trinajstić information content (AvgIpc) is 3.29. The van der Waals surface area contributed by atoms with E-state index in [-0.39, 0.29) is 11.6 Å². The van der Waals surface area contributed by atoms with E-state index in [4.69, 9.17) is 15.5 Å². The van der Waals surface area contributed by atoms with Gasteiger partial charge < -0.3 is 20.7 Å². The Morgan fingerprint density at radius 1 is 1.22 bits per heavy atom. The highest BCUT2D eigenvalue weighted by Gasteiger charge is 2.48. The fourth-order valence-electron chi connectivity index (χ4n) is 5.64. The van der Waals surface area contributed by atoms with Gasteiger partial charge in [0.2, 0.25) is 5.88 Å². The van der Waals surface area contributed by atoms with Gasteiger partial charge in [0, 0.05) is 49.9 Å². The van der Waals surface area contributed by atoms with Crippen LogP contribution in [0.15, 0.2) is 48.7 Å². The standard InChI is InChI=1S/C29H30F3N7O2/c1-2-41-26-21(4-3-12-35-26)23-7-6-22-25(37-23)39(27(40)36-13-11-33)18-28(22)9-14-38(15-10-28)24-8-5-20(29(30,31)32)16-19(24)17-34/h3-8,12,16H,2,9-11,13-15,18,33H2,1H3,(H,36,40). The lowest BCUT2D eigenvalue weighted by atomic mass is 9.74. The number of carbonyl (C=O) groups excluding carboxylic acids is 1. The molecule has 0 bridgehead atoms. The van der Waals surface area contributed by atoms with E-state index < -0.39 is 17.2 Å². The van der Waals surface area contributed by atoms with Crippen LogP contribution in [0.2, 0.25) is 0 Å². The van der Waals surface area contributed by atoms with Crippen LogP contribution in [-0.2, 0) is 11.6 Å². The number of nitrogens with zero attached hydrogens (tertiary/aromatic N) is 5. The number of nitrogens with one attached hydrogen (secondary N) is 1. The molecule has 41 heavy (non-hydrogen) atoms. The number of pyridine rings is 2. The molecule has 2 aliphatic heterocycles. The zero-order valence-electron chi connectivity index (χ0n) is 22.5. The van der Waals surface area contributed by atoms with Crippen molar-refractivity contribution < 1.29 is 22.7 Å². The number of hydrogen-bond donors (Lipinski definition) is 2. The van der Waals surface area contributed by atoms with Crippen molar-refractivity contribution in [3.05, 3.63) is 65.4 Å². The van der Waals surface area contributed by atoms with Crippen molar-refractivity contribution in [1.29, 1.82) is 5.26 Å². The van der Waals surface area contributed by atoms with E-state index in [0.29, 0.717) is 80.8 Å². The predicted molar refractivity (Wildman–Crippen MR) is 148 cm³/mol. The molecule has 9 nitrogen and oxygen atoms in total. The zero-order valence-corrected chi connectivity index (χ0v) is 22.5. The third-order valence-electron chi connectivity index (χ3n) is 7.66. The minimum absolute atomic E-state index is 0.0155. The second-order valence-corrected chi connectivity index (χ2v) is 10.1. The lowest BCUT2D eigenvalue weighted by Crippen LogP contribution is -2.48. The van der Waals surface area contributed by atoms with Crippen LogP contribution in [-0.4, -0.2) is 55.3 Å². The molecule has 3 aromatic rings. The molecule has 4 heterocycles. The molecule has 1 spiro atoms. The molecule has 2 aliphatic rings. The minimum atomic E-state index is -4.53. The van der Waals surface area contributed by atoms with Gasteiger partial charge in [-0.3, -0.25) is 4.90 Å². The molecule has 3 N–H and O–H groups in total. The van der Waals surface area contributed by atoms with Crippen molar-refractivity contribution in [3.63, 3.8) is 0 Å². The molecule has 2 aromatic heterocycles. The summed E-state index contributed by atoms with van der Waals surface area (Å²) >= 11 is 0. The molecule has 0 atom stereocenters. The maximum atomic E-state index is 13.2. The minimum Gasteiger partial charge on any atom is -0.477 e. The second-order valence-electron chi connectivity index (χ2n) is 10.1. The summed E-state index contributed by atoms with van der Waals surface area (Å²) in [6, 6.07) is 12.5. The molecule has 12 heteroatoms. The summed E-state index contributed by atoms with van der Waals surface area (Å²) in [5.41, 5.74) is 7.08. The van der Waals surface area contributed by atoms with Crippen molar-refractivity contribution in [2.75, 3.05) is 49.1 Å². The molecule has 0 radical (unpaired) electrons. The molecule has 1 aromatic carbocycles. The number of benzene rings is 1. The Balaban J connectivity index is 1.47. The number of nitrogens with two attached hydrogens (primary N) is 1. The van der Waals surface area contributed by atoms with Crippen LogP contribution < -0.4 is 25.6 Å². The van der Waals surface area contributed by atoms with Crippen molar-refractivity contribution in [2.45, 2.75) is 31.4 Å². The molecule has 1 fully saturated rings. The van der Waals surface area contributed by atoms with E-state index in [1.165, 1.54) is 6.07 Å². The second kappa shape index (κ2) is 11.2. The summed E-state index contributed by atoms with van der Waals surface area (Å²) < 4.78 is 45.3. The number of aromatic nitrogens is 2. The zero-order chi connectivity index (χ0) is 29.2. The normalized spacial score (nSPS) is 15.9. The summed E-state index contributed by atoms with van der Waals surface area (Å²) in [4.78, 5) is 26.1. The van der Waals surface area contributed by atoms with Gasteiger partial charge in [-0.2, -0.15) is 18.4 Å². The molecular formula is C29H30F3N7O2. The summed E-state index contributed by atoms with van der Waals surface area (Å²) in [5, 5.41) is 12.4. The van der Waals surface area contributed by atoms with Crippen LogP contribution in [0.3, 0.4) is 0 Å². The number of nitriles is 1. The Labute approximate surface area is 235 Å². The molecule has 0 unspecified atom stereocenters. The number of urea groups is 1. The lowest BCUT2D eigenvalue weighted by molar-refractivity contribution is -0.137. The quantitative estimate of drug-likeness (QED) is 0.453. The van der Waals surface area contributed by atoms with E-state index in [0.717, 1.165) is 17.7 Å². The van der Waals surface area contributed by atoms with Gasteiger partial charge in [0.1, 0.15) is 11.9 Å². The van der Waals surface area contributed by atoms with Crippen molar-refractivity contribution in [3.8, 4) is 23.2 Å². The predicted octanol–water partition coefficient (Wildman–Crippen LogP) is 4.46. The summed E-state index contributed by atoms with van der Waals surface area (Å²) in [5.74, 6) is 0.997. The number of rotatable bonds is 6. The molecule has 0 saturated carbocycles. The van der Waals surface area contributed by atoms with E-state index in [9.17, 15) is 23.2 Å². The van der Waals surface area contributed by atoms with Gasteiger partial charge in [0.25, 0.3) is 0 Å². The van der Waals surface area contributed by atoms with Crippen LogP contribution in [0.4, 0.5) is 29.5 Å². The monoisotopic (exact) mass is 565 g/mol. The molecular weight excluding hydrogens is 535 g/mol. The topological polar surface area (TPSA) is 120 Å². The molecule has 214 valence electrons. The highest BCUT2D eigenvalue weighted by molar-refractivity contribution is 5.94. The first kappa shape index (κ1) is 28.2. The Bertz CT molecular complexity index is 1480. The summed E-state index contributed by atoms with van der Waals surface area (Å²) in [6.07, 6.45) is -1.65. The molecule has 1 saturated heterocycles. The summed E-state index contributed by atoms with van der Waals surface area (Å²) in [7, 11) is 0. The third kappa shape index (κ3) is 5.37. The number of alkyl halides is 3. The molecule has 5 rings (SSSR count). The first-order valence-corrected chi connectivity index (χ1v) is 13.4. The summed E-state index contributed by atoms with van der Waals surface area (Å²) in [6.45, 7) is 4.31. The number of piperidine rings is 1. The lowest BCUT2D eigenvalue weighted by Gasteiger charge is -2.41. The third-order valence-corrected chi connectivity index (χ3v) is 7.66. The Hall–Kier alpha value is -4.37.